The van der Waals surface area contributed by atoms with Gasteiger partial charge in [0.05, 0.1) is 0 Å². The molecule has 0 aliphatic heterocycles. The Bertz CT molecular complexity index is 993. The lowest BCUT2D eigenvalue weighted by Gasteiger charge is -2.28. The Labute approximate surface area is 194 Å². The lowest BCUT2D eigenvalue weighted by atomic mass is 9.78. The van der Waals surface area contributed by atoms with E-state index < -0.39 is 0 Å². The van der Waals surface area contributed by atoms with Crippen LogP contribution >= 0.6 is 0 Å². The molecule has 0 N–H and O–H groups in total. The number of fused-ring (bicyclic) bond motifs is 1. The summed E-state index contributed by atoms with van der Waals surface area (Å²) in [6, 6.07) is 18.7. The Morgan fingerprint density at radius 1 is 0.750 bits per heavy atom. The fourth-order valence-corrected chi connectivity index (χ4v) is 5.50. The average molecular weight is 431 g/mol. The smallest absolute Gasteiger partial charge is 0.138 e. The molecular formula is C31H39F. The van der Waals surface area contributed by atoms with Crippen molar-refractivity contribution in [1.29, 1.82) is 0 Å². The van der Waals surface area contributed by atoms with Gasteiger partial charge in [-0.15, -0.1) is 0 Å². The van der Waals surface area contributed by atoms with Crippen molar-refractivity contribution in [3.8, 4) is 11.1 Å². The molecule has 3 aromatic carbocycles. The summed E-state index contributed by atoms with van der Waals surface area (Å²) in [4.78, 5) is 0. The molecule has 0 amide bonds. The maximum Gasteiger partial charge on any atom is 0.138 e. The fraction of sp³-hybridized carbons (Fsp3) is 0.484. The molecule has 3 aromatic rings. The van der Waals surface area contributed by atoms with E-state index in [9.17, 15) is 0 Å². The van der Waals surface area contributed by atoms with Crippen LogP contribution in [0.1, 0.15) is 82.8 Å². The van der Waals surface area contributed by atoms with Gasteiger partial charge < -0.3 is 0 Å². The number of rotatable bonds is 9. The van der Waals surface area contributed by atoms with Crippen molar-refractivity contribution >= 4 is 10.8 Å². The SMILES string of the molecule is CCCCCC1CCC(CCc2ccc(-c3ccc4cc(CC)ccc4c3F)cc2)CC1. The molecule has 0 bridgehead atoms. The Morgan fingerprint density at radius 2 is 1.44 bits per heavy atom. The number of hydrogen-bond donors (Lipinski definition) is 0. The van der Waals surface area contributed by atoms with Crippen molar-refractivity contribution in [2.45, 2.75) is 84.5 Å². The van der Waals surface area contributed by atoms with Gasteiger partial charge in [0.25, 0.3) is 0 Å². The zero-order chi connectivity index (χ0) is 22.3. The van der Waals surface area contributed by atoms with E-state index in [-0.39, 0.29) is 5.82 Å². The first-order valence-electron chi connectivity index (χ1n) is 13.0. The van der Waals surface area contributed by atoms with Crippen LogP contribution in [0.4, 0.5) is 4.39 Å². The molecule has 170 valence electrons. The van der Waals surface area contributed by atoms with Crippen molar-refractivity contribution in [3.63, 3.8) is 0 Å². The molecule has 0 atom stereocenters. The first kappa shape index (κ1) is 23.0. The number of hydrogen-bond acceptors (Lipinski definition) is 0. The van der Waals surface area contributed by atoms with Crippen LogP contribution in [0.15, 0.2) is 54.6 Å². The van der Waals surface area contributed by atoms with Crippen LogP contribution < -0.4 is 0 Å². The van der Waals surface area contributed by atoms with E-state index in [0.29, 0.717) is 10.9 Å². The second kappa shape index (κ2) is 11.1. The Balaban J connectivity index is 1.33. The largest absolute Gasteiger partial charge is 0.206 e. The topological polar surface area (TPSA) is 0 Å². The van der Waals surface area contributed by atoms with Gasteiger partial charge in [-0.3, -0.25) is 0 Å². The summed E-state index contributed by atoms with van der Waals surface area (Å²) in [5.41, 5.74) is 4.31. The molecule has 1 fully saturated rings. The van der Waals surface area contributed by atoms with Gasteiger partial charge in [-0.2, -0.15) is 0 Å². The summed E-state index contributed by atoms with van der Waals surface area (Å²) in [6.45, 7) is 4.43. The zero-order valence-electron chi connectivity index (χ0n) is 20.0. The first-order valence-corrected chi connectivity index (χ1v) is 13.0. The minimum absolute atomic E-state index is 0.103. The maximum atomic E-state index is 15.2. The second-order valence-corrected chi connectivity index (χ2v) is 9.95. The summed E-state index contributed by atoms with van der Waals surface area (Å²) in [7, 11) is 0. The van der Waals surface area contributed by atoms with E-state index in [1.165, 1.54) is 68.9 Å². The molecule has 1 heteroatoms. The number of benzene rings is 3. The highest BCUT2D eigenvalue weighted by Gasteiger charge is 2.20. The molecule has 0 radical (unpaired) electrons. The third kappa shape index (κ3) is 5.61. The van der Waals surface area contributed by atoms with Crippen LogP contribution in [0.3, 0.4) is 0 Å². The molecule has 1 saturated carbocycles. The van der Waals surface area contributed by atoms with Gasteiger partial charge in [0, 0.05) is 10.9 Å². The molecule has 1 aliphatic carbocycles. The lowest BCUT2D eigenvalue weighted by Crippen LogP contribution is -2.15. The highest BCUT2D eigenvalue weighted by Crippen LogP contribution is 2.35. The van der Waals surface area contributed by atoms with Gasteiger partial charge in [-0.25, -0.2) is 4.39 Å². The molecule has 0 unspecified atom stereocenters. The summed E-state index contributed by atoms with van der Waals surface area (Å²) in [5.74, 6) is 1.78. The maximum absolute atomic E-state index is 15.2. The summed E-state index contributed by atoms with van der Waals surface area (Å²) >= 11 is 0. The van der Waals surface area contributed by atoms with Crippen LogP contribution in [-0.4, -0.2) is 0 Å². The minimum atomic E-state index is -0.103. The highest BCUT2D eigenvalue weighted by atomic mass is 19.1. The van der Waals surface area contributed by atoms with Gasteiger partial charge >= 0.3 is 0 Å². The Morgan fingerprint density at radius 3 is 2.12 bits per heavy atom. The van der Waals surface area contributed by atoms with Crippen molar-refractivity contribution in [2.75, 3.05) is 0 Å². The number of halogens is 1. The van der Waals surface area contributed by atoms with Gasteiger partial charge in [0.1, 0.15) is 5.82 Å². The van der Waals surface area contributed by atoms with Crippen molar-refractivity contribution in [2.24, 2.45) is 11.8 Å². The van der Waals surface area contributed by atoms with E-state index in [2.05, 4.69) is 50.2 Å². The minimum Gasteiger partial charge on any atom is -0.206 e. The van der Waals surface area contributed by atoms with Gasteiger partial charge in [0.2, 0.25) is 0 Å². The Kier molecular flexibility index (Phi) is 8.00. The highest BCUT2D eigenvalue weighted by molar-refractivity contribution is 5.88. The number of aryl methyl sites for hydroxylation is 2. The quantitative estimate of drug-likeness (QED) is 0.296. The van der Waals surface area contributed by atoms with Crippen molar-refractivity contribution < 1.29 is 4.39 Å². The van der Waals surface area contributed by atoms with E-state index in [0.717, 1.165) is 35.6 Å². The van der Waals surface area contributed by atoms with Crippen LogP contribution in [0.5, 0.6) is 0 Å². The van der Waals surface area contributed by atoms with Crippen molar-refractivity contribution in [3.05, 3.63) is 71.5 Å². The van der Waals surface area contributed by atoms with Crippen LogP contribution in [-0.2, 0) is 12.8 Å². The monoisotopic (exact) mass is 430 g/mol. The van der Waals surface area contributed by atoms with E-state index in [1.807, 2.05) is 18.2 Å². The van der Waals surface area contributed by atoms with Gasteiger partial charge in [-0.05, 0) is 53.2 Å². The summed E-state index contributed by atoms with van der Waals surface area (Å²) in [6.07, 6.45) is 14.7. The standard InChI is InChI=1S/C31H39F/c1-3-5-6-7-24-8-10-25(11-9-24)12-13-26-14-17-27(18-15-26)29-21-19-28-22-23(4-2)16-20-30(28)31(29)32/h14-22,24-25H,3-13H2,1-2H3. The molecule has 4 rings (SSSR count). The van der Waals surface area contributed by atoms with Crippen molar-refractivity contribution in [1.82, 2.24) is 0 Å². The van der Waals surface area contributed by atoms with Gasteiger partial charge in [0.15, 0.2) is 0 Å². The third-order valence-electron chi connectivity index (χ3n) is 7.72. The fourth-order valence-electron chi connectivity index (χ4n) is 5.50. The molecule has 0 saturated heterocycles. The third-order valence-corrected chi connectivity index (χ3v) is 7.72. The summed E-state index contributed by atoms with van der Waals surface area (Å²) in [5, 5.41) is 1.70. The average Bonchev–Trinajstić information content (AvgIpc) is 2.84. The second-order valence-electron chi connectivity index (χ2n) is 9.95. The van der Waals surface area contributed by atoms with Crippen LogP contribution in [0, 0.1) is 17.7 Å². The zero-order valence-corrected chi connectivity index (χ0v) is 20.0. The predicted molar refractivity (Wildman–Crippen MR) is 137 cm³/mol. The molecule has 32 heavy (non-hydrogen) atoms. The van der Waals surface area contributed by atoms with Crippen LogP contribution in [0.2, 0.25) is 0 Å². The molecule has 0 heterocycles. The molecular weight excluding hydrogens is 391 g/mol. The molecule has 0 nitrogen and oxygen atoms in total. The van der Waals surface area contributed by atoms with E-state index in [4.69, 9.17) is 0 Å². The first-order chi connectivity index (χ1) is 15.7. The van der Waals surface area contributed by atoms with E-state index in [1.54, 1.807) is 0 Å². The van der Waals surface area contributed by atoms with Crippen LogP contribution in [0.25, 0.3) is 21.9 Å². The lowest BCUT2D eigenvalue weighted by molar-refractivity contribution is 0.249. The molecule has 1 aliphatic rings. The predicted octanol–water partition coefficient (Wildman–Crippen LogP) is 9.53. The van der Waals surface area contributed by atoms with Gasteiger partial charge in [-0.1, -0.05) is 120 Å². The Hall–Kier alpha value is -2.15. The van der Waals surface area contributed by atoms with E-state index >= 15 is 4.39 Å². The normalized spacial score (nSPS) is 18.8. The summed E-state index contributed by atoms with van der Waals surface area (Å²) < 4.78 is 15.2. The molecule has 0 spiro atoms. The number of unbranched alkanes of at least 4 members (excludes halogenated alkanes) is 2. The molecule has 0 aromatic heterocycles.